The van der Waals surface area contributed by atoms with Crippen molar-refractivity contribution in [3.8, 4) is 0 Å². The molecule has 3 rings (SSSR count). The lowest BCUT2D eigenvalue weighted by molar-refractivity contribution is -0.0549. The highest BCUT2D eigenvalue weighted by molar-refractivity contribution is 7.60. The average molecular weight is 536 g/mol. The van der Waals surface area contributed by atoms with Gasteiger partial charge in [-0.3, -0.25) is 18.5 Å². The standard InChI is InChI=1S/C19H26N2O12P2/c1-19(2,12-6-4-3-5-7-12)11-21-14(22)8-9-20(18(21)25)17-16(24)15(23)13(32-17)10-31-35(29,30)33-34(26,27)28/h3-9,13,15-17,23-24H,10-11H2,1-2H3,(H,29,30)(H2,26,27,28)/t13-,15+,16+,17-/m1/s1. The summed E-state index contributed by atoms with van der Waals surface area (Å²) in [4.78, 5) is 52.3. The van der Waals surface area contributed by atoms with E-state index >= 15 is 0 Å². The van der Waals surface area contributed by atoms with E-state index in [0.29, 0.717) is 0 Å². The Morgan fingerprint density at radius 2 is 1.66 bits per heavy atom. The molecule has 194 valence electrons. The van der Waals surface area contributed by atoms with Crippen LogP contribution in [0.4, 0.5) is 0 Å². The number of phosphoric ester groups is 1. The number of ether oxygens (including phenoxy) is 1. The zero-order chi connectivity index (χ0) is 26.2. The van der Waals surface area contributed by atoms with E-state index in [1.807, 2.05) is 44.2 Å². The monoisotopic (exact) mass is 536 g/mol. The van der Waals surface area contributed by atoms with Crippen molar-refractivity contribution in [2.24, 2.45) is 0 Å². The SMILES string of the molecule is CC(C)(Cn1c(=O)ccn([C@@H]2O[C@H](COP(=O)(O)OP(=O)(O)O)[C@H](O)[C@@H]2O)c1=O)c1ccccc1. The molecule has 1 aliphatic heterocycles. The van der Waals surface area contributed by atoms with Gasteiger partial charge < -0.3 is 29.6 Å². The van der Waals surface area contributed by atoms with Crippen molar-refractivity contribution >= 4 is 15.6 Å². The lowest BCUT2D eigenvalue weighted by Crippen LogP contribution is -2.45. The molecule has 0 amide bonds. The summed E-state index contributed by atoms with van der Waals surface area (Å²) in [5.74, 6) is 0. The van der Waals surface area contributed by atoms with Gasteiger partial charge in [-0.15, -0.1) is 0 Å². The lowest BCUT2D eigenvalue weighted by Gasteiger charge is -2.27. The number of aliphatic hydroxyl groups is 2. The first-order valence-electron chi connectivity index (χ1n) is 10.2. The second kappa shape index (κ2) is 10.2. The van der Waals surface area contributed by atoms with Crippen LogP contribution < -0.4 is 11.2 Å². The van der Waals surface area contributed by atoms with Crippen LogP contribution >= 0.6 is 15.6 Å². The normalized spacial score (nSPS) is 24.9. The largest absolute Gasteiger partial charge is 0.481 e. The third-order valence-electron chi connectivity index (χ3n) is 5.43. The summed E-state index contributed by atoms with van der Waals surface area (Å²) in [6.45, 7) is 2.76. The van der Waals surface area contributed by atoms with E-state index < -0.39 is 63.5 Å². The highest BCUT2D eigenvalue weighted by Crippen LogP contribution is 2.57. The van der Waals surface area contributed by atoms with Crippen LogP contribution in [-0.4, -0.2) is 58.9 Å². The smallest absolute Gasteiger partial charge is 0.387 e. The molecule has 5 N–H and O–H groups in total. The summed E-state index contributed by atoms with van der Waals surface area (Å²) in [5, 5.41) is 20.7. The van der Waals surface area contributed by atoms with Crippen LogP contribution in [-0.2, 0) is 34.7 Å². The van der Waals surface area contributed by atoms with Crippen LogP contribution in [0, 0.1) is 0 Å². The number of nitrogens with zero attached hydrogens (tertiary/aromatic N) is 2. The average Bonchev–Trinajstić information content (AvgIpc) is 3.03. The molecule has 14 nitrogen and oxygen atoms in total. The Kier molecular flexibility index (Phi) is 8.04. The number of aliphatic hydroxyl groups excluding tert-OH is 2. The number of hydrogen-bond donors (Lipinski definition) is 5. The van der Waals surface area contributed by atoms with Crippen LogP contribution in [0.15, 0.2) is 52.2 Å². The van der Waals surface area contributed by atoms with E-state index in [4.69, 9.17) is 14.5 Å². The quantitative estimate of drug-likeness (QED) is 0.265. The fourth-order valence-electron chi connectivity index (χ4n) is 3.67. The zero-order valence-electron chi connectivity index (χ0n) is 18.6. The van der Waals surface area contributed by atoms with Crippen LogP contribution in [0.3, 0.4) is 0 Å². The van der Waals surface area contributed by atoms with E-state index in [1.165, 1.54) is 0 Å². The zero-order valence-corrected chi connectivity index (χ0v) is 20.4. The second-order valence-corrected chi connectivity index (χ2v) is 11.4. The van der Waals surface area contributed by atoms with Crippen molar-refractivity contribution in [3.05, 3.63) is 69.0 Å². The molecule has 1 saturated heterocycles. The van der Waals surface area contributed by atoms with Crippen LogP contribution in [0.1, 0.15) is 25.6 Å². The fourth-order valence-corrected chi connectivity index (χ4v) is 5.27. The van der Waals surface area contributed by atoms with E-state index in [-0.39, 0.29) is 6.54 Å². The summed E-state index contributed by atoms with van der Waals surface area (Å²) >= 11 is 0. The minimum absolute atomic E-state index is 0.0131. The number of rotatable bonds is 9. The van der Waals surface area contributed by atoms with Crippen molar-refractivity contribution in [1.29, 1.82) is 0 Å². The van der Waals surface area contributed by atoms with Gasteiger partial charge in [-0.2, -0.15) is 4.31 Å². The van der Waals surface area contributed by atoms with Gasteiger partial charge in [0, 0.05) is 24.2 Å². The maximum atomic E-state index is 13.1. The Balaban J connectivity index is 1.82. The number of phosphoric acid groups is 2. The predicted molar refractivity (Wildman–Crippen MR) is 119 cm³/mol. The summed E-state index contributed by atoms with van der Waals surface area (Å²) in [5.41, 5.74) is -1.19. The molecule has 0 radical (unpaired) electrons. The van der Waals surface area contributed by atoms with E-state index in [2.05, 4.69) is 8.83 Å². The Labute approximate surface area is 198 Å². The minimum atomic E-state index is -5.36. The van der Waals surface area contributed by atoms with Crippen molar-refractivity contribution < 1.29 is 47.6 Å². The molecule has 1 fully saturated rings. The molecule has 1 aromatic carbocycles. The van der Waals surface area contributed by atoms with Crippen molar-refractivity contribution in [2.75, 3.05) is 6.61 Å². The molecule has 0 spiro atoms. The van der Waals surface area contributed by atoms with Crippen molar-refractivity contribution in [2.45, 2.75) is 50.3 Å². The first kappa shape index (κ1) is 27.6. The number of hydrogen-bond acceptors (Lipinski definition) is 9. The summed E-state index contributed by atoms with van der Waals surface area (Å²) in [7, 11) is -10.6. The first-order valence-corrected chi connectivity index (χ1v) is 13.3. The van der Waals surface area contributed by atoms with Gasteiger partial charge in [0.05, 0.1) is 6.61 Å². The third-order valence-corrected chi connectivity index (χ3v) is 7.58. The van der Waals surface area contributed by atoms with Crippen LogP contribution in [0.5, 0.6) is 0 Å². The summed E-state index contributed by atoms with van der Waals surface area (Å²) < 4.78 is 37.8. The molecule has 0 bridgehead atoms. The van der Waals surface area contributed by atoms with Gasteiger partial charge in [0.15, 0.2) is 6.23 Å². The van der Waals surface area contributed by atoms with Gasteiger partial charge >= 0.3 is 21.3 Å². The van der Waals surface area contributed by atoms with E-state index in [9.17, 15) is 33.8 Å². The molecule has 16 heteroatoms. The molecule has 35 heavy (non-hydrogen) atoms. The summed E-state index contributed by atoms with van der Waals surface area (Å²) in [6.07, 6.45) is -5.34. The van der Waals surface area contributed by atoms with Gasteiger partial charge in [0.25, 0.3) is 5.56 Å². The van der Waals surface area contributed by atoms with Gasteiger partial charge in [-0.25, -0.2) is 13.9 Å². The molecular formula is C19H26N2O12P2. The topological polar surface area (TPSA) is 207 Å². The number of aromatic nitrogens is 2. The van der Waals surface area contributed by atoms with Crippen molar-refractivity contribution in [3.63, 3.8) is 0 Å². The lowest BCUT2D eigenvalue weighted by atomic mass is 9.84. The summed E-state index contributed by atoms with van der Waals surface area (Å²) in [6, 6.07) is 10.3. The highest BCUT2D eigenvalue weighted by Gasteiger charge is 2.46. The molecule has 2 aromatic rings. The maximum Gasteiger partial charge on any atom is 0.481 e. The maximum absolute atomic E-state index is 13.1. The molecule has 0 saturated carbocycles. The predicted octanol–water partition coefficient (Wildman–Crippen LogP) is -0.167. The minimum Gasteiger partial charge on any atom is -0.387 e. The van der Waals surface area contributed by atoms with Gasteiger partial charge in [-0.05, 0) is 5.56 Å². The Morgan fingerprint density at radius 3 is 2.26 bits per heavy atom. The molecule has 1 aromatic heterocycles. The van der Waals surface area contributed by atoms with E-state index in [0.717, 1.165) is 27.0 Å². The number of benzene rings is 1. The Bertz CT molecular complexity index is 1250. The van der Waals surface area contributed by atoms with Gasteiger partial charge in [-0.1, -0.05) is 44.2 Å². The van der Waals surface area contributed by atoms with Crippen LogP contribution in [0.25, 0.3) is 0 Å². The second-order valence-electron chi connectivity index (χ2n) is 8.56. The highest BCUT2D eigenvalue weighted by atomic mass is 31.3. The van der Waals surface area contributed by atoms with Gasteiger partial charge in [0.1, 0.15) is 18.3 Å². The molecule has 1 aliphatic rings. The van der Waals surface area contributed by atoms with E-state index in [1.54, 1.807) is 0 Å². The van der Waals surface area contributed by atoms with Crippen molar-refractivity contribution in [1.82, 2.24) is 9.13 Å². The molecule has 2 heterocycles. The molecule has 1 unspecified atom stereocenters. The third kappa shape index (κ3) is 6.63. The fraction of sp³-hybridized carbons (Fsp3) is 0.474. The molecular weight excluding hydrogens is 510 g/mol. The molecule has 5 atom stereocenters. The Hall–Kier alpha value is -1.96. The first-order chi connectivity index (χ1) is 16.1. The van der Waals surface area contributed by atoms with Gasteiger partial charge in [0.2, 0.25) is 0 Å². The molecule has 0 aliphatic carbocycles. The Morgan fingerprint density at radius 1 is 1.03 bits per heavy atom. The van der Waals surface area contributed by atoms with Crippen LogP contribution in [0.2, 0.25) is 0 Å².